The Bertz CT molecular complexity index is 1010. The van der Waals surface area contributed by atoms with E-state index in [-0.39, 0.29) is 12.6 Å². The molecule has 0 saturated heterocycles. The molecule has 2 aromatic carbocycles. The van der Waals surface area contributed by atoms with Crippen LogP contribution >= 0.6 is 39.1 Å². The Hall–Kier alpha value is -2.62. The van der Waals surface area contributed by atoms with Crippen LogP contribution in [0.5, 0.6) is 5.75 Å². The first kappa shape index (κ1) is 25.6. The summed E-state index contributed by atoms with van der Waals surface area (Å²) < 4.78 is 6.30. The maximum atomic E-state index is 12.2. The molecule has 0 radical (unpaired) electrons. The van der Waals surface area contributed by atoms with Gasteiger partial charge in [0.2, 0.25) is 0 Å². The minimum Gasteiger partial charge on any atom is -0.483 e. The van der Waals surface area contributed by atoms with E-state index < -0.39 is 17.7 Å². The monoisotopic (exact) mass is 542 g/mol. The van der Waals surface area contributed by atoms with E-state index in [0.29, 0.717) is 33.5 Å². The number of ether oxygens (including phenoxy) is 1. The molecule has 0 fully saturated rings. The first-order valence-electron chi connectivity index (χ1n) is 9.50. The number of nitrogens with zero attached hydrogens (tertiary/aromatic N) is 1. The molecule has 1 atom stereocenters. The maximum absolute atomic E-state index is 12.2. The number of amides is 3. The summed E-state index contributed by atoms with van der Waals surface area (Å²) in [7, 11) is 0. The topological polar surface area (TPSA) is 109 Å². The van der Waals surface area contributed by atoms with Crippen molar-refractivity contribution >= 4 is 68.8 Å². The highest BCUT2D eigenvalue weighted by atomic mass is 79.9. The Morgan fingerprint density at radius 1 is 1.12 bits per heavy atom. The fourth-order valence-electron chi connectivity index (χ4n) is 2.32. The van der Waals surface area contributed by atoms with Gasteiger partial charge in [0.05, 0.1) is 6.21 Å². The number of nitrogens with one attached hydrogen (secondary N) is 3. The third-order valence-corrected chi connectivity index (χ3v) is 4.97. The van der Waals surface area contributed by atoms with Crippen LogP contribution in [0, 0.1) is 0 Å². The molecule has 0 aliphatic carbocycles. The van der Waals surface area contributed by atoms with Crippen molar-refractivity contribution in [2.75, 3.05) is 11.9 Å². The number of hydrazone groups is 1. The van der Waals surface area contributed by atoms with Crippen molar-refractivity contribution in [1.29, 1.82) is 0 Å². The molecular formula is C21H21BrCl2N4O4. The second kappa shape index (κ2) is 12.4. The molecule has 0 aliphatic rings. The summed E-state index contributed by atoms with van der Waals surface area (Å²) in [5, 5.41) is 9.75. The molecule has 32 heavy (non-hydrogen) atoms. The van der Waals surface area contributed by atoms with E-state index >= 15 is 0 Å². The maximum Gasteiger partial charge on any atom is 0.329 e. The van der Waals surface area contributed by atoms with Crippen molar-refractivity contribution < 1.29 is 19.1 Å². The van der Waals surface area contributed by atoms with Crippen LogP contribution in [-0.2, 0) is 14.4 Å². The smallest absolute Gasteiger partial charge is 0.329 e. The lowest BCUT2D eigenvalue weighted by molar-refractivity contribution is -0.139. The zero-order valence-electron chi connectivity index (χ0n) is 17.2. The second-order valence-electron chi connectivity index (χ2n) is 6.66. The van der Waals surface area contributed by atoms with Crippen molar-refractivity contribution in [1.82, 2.24) is 10.7 Å². The minimum absolute atomic E-state index is 0.128. The van der Waals surface area contributed by atoms with Gasteiger partial charge in [0.15, 0.2) is 6.61 Å². The van der Waals surface area contributed by atoms with Crippen molar-refractivity contribution in [2.24, 2.45) is 5.10 Å². The van der Waals surface area contributed by atoms with Gasteiger partial charge in [0.25, 0.3) is 5.91 Å². The Kier molecular flexibility index (Phi) is 9.96. The van der Waals surface area contributed by atoms with E-state index in [9.17, 15) is 14.4 Å². The third-order valence-electron chi connectivity index (χ3n) is 4.04. The zero-order valence-corrected chi connectivity index (χ0v) is 20.3. The molecule has 11 heteroatoms. The number of anilines is 1. The van der Waals surface area contributed by atoms with Crippen molar-refractivity contribution in [2.45, 2.75) is 26.3 Å². The number of hydrogen-bond donors (Lipinski definition) is 3. The fraction of sp³-hybridized carbons (Fsp3) is 0.238. The van der Waals surface area contributed by atoms with Crippen LogP contribution in [0.3, 0.4) is 0 Å². The highest BCUT2D eigenvalue weighted by Gasteiger charge is 2.14. The van der Waals surface area contributed by atoms with Crippen LogP contribution < -0.4 is 20.8 Å². The lowest BCUT2D eigenvalue weighted by Gasteiger charge is -2.11. The summed E-state index contributed by atoms with van der Waals surface area (Å²) in [6.45, 7) is 3.38. The fourth-order valence-corrected chi connectivity index (χ4v) is 3.23. The van der Waals surface area contributed by atoms with Gasteiger partial charge < -0.3 is 15.4 Å². The quantitative estimate of drug-likeness (QED) is 0.264. The van der Waals surface area contributed by atoms with Crippen molar-refractivity contribution in [3.8, 4) is 5.75 Å². The molecule has 0 aliphatic heterocycles. The van der Waals surface area contributed by atoms with Crippen LogP contribution in [0.2, 0.25) is 10.0 Å². The first-order chi connectivity index (χ1) is 15.2. The molecule has 3 amide bonds. The molecule has 0 heterocycles. The zero-order chi connectivity index (χ0) is 23.7. The van der Waals surface area contributed by atoms with Gasteiger partial charge in [-0.15, -0.1) is 0 Å². The van der Waals surface area contributed by atoms with Crippen LogP contribution in [-0.4, -0.2) is 36.6 Å². The van der Waals surface area contributed by atoms with Crippen LogP contribution in [0.4, 0.5) is 5.69 Å². The Balaban J connectivity index is 1.98. The van der Waals surface area contributed by atoms with Crippen molar-refractivity contribution in [3.63, 3.8) is 0 Å². The summed E-state index contributed by atoms with van der Waals surface area (Å²) in [4.78, 5) is 35.8. The lowest BCUT2D eigenvalue weighted by atomic mass is 10.2. The Morgan fingerprint density at radius 2 is 1.81 bits per heavy atom. The summed E-state index contributed by atoms with van der Waals surface area (Å²) in [6, 6.07) is 9.57. The van der Waals surface area contributed by atoms with E-state index in [1.54, 1.807) is 43.3 Å². The summed E-state index contributed by atoms with van der Waals surface area (Å²) in [6.07, 6.45) is 2.00. The Morgan fingerprint density at radius 3 is 2.47 bits per heavy atom. The van der Waals surface area contributed by atoms with Gasteiger partial charge >= 0.3 is 11.8 Å². The van der Waals surface area contributed by atoms with Gasteiger partial charge in [-0.05, 0) is 49.7 Å². The van der Waals surface area contributed by atoms with E-state index in [0.717, 1.165) is 4.47 Å². The highest BCUT2D eigenvalue weighted by Crippen LogP contribution is 2.23. The number of benzene rings is 2. The second-order valence-corrected chi connectivity index (χ2v) is 8.45. The molecule has 0 unspecified atom stereocenters. The molecule has 8 nitrogen and oxygen atoms in total. The largest absolute Gasteiger partial charge is 0.483 e. The summed E-state index contributed by atoms with van der Waals surface area (Å²) in [5.41, 5.74) is 3.07. The molecular weight excluding hydrogens is 523 g/mol. The van der Waals surface area contributed by atoms with Gasteiger partial charge in [-0.1, -0.05) is 46.1 Å². The van der Waals surface area contributed by atoms with Crippen LogP contribution in [0.15, 0.2) is 46.0 Å². The molecule has 0 saturated carbocycles. The Labute approximate surface area is 203 Å². The van der Waals surface area contributed by atoms with E-state index in [4.69, 9.17) is 27.9 Å². The highest BCUT2D eigenvalue weighted by molar-refractivity contribution is 9.10. The number of rotatable bonds is 8. The molecule has 0 bridgehead atoms. The van der Waals surface area contributed by atoms with Crippen molar-refractivity contribution in [3.05, 3.63) is 56.5 Å². The van der Waals surface area contributed by atoms with Gasteiger partial charge in [-0.2, -0.15) is 5.10 Å². The normalized spacial score (nSPS) is 11.7. The third kappa shape index (κ3) is 8.49. The van der Waals surface area contributed by atoms with Gasteiger partial charge in [-0.3, -0.25) is 14.4 Å². The van der Waals surface area contributed by atoms with Crippen LogP contribution in [0.25, 0.3) is 0 Å². The molecule has 0 aromatic heterocycles. The molecule has 170 valence electrons. The molecule has 0 spiro atoms. The molecule has 2 aromatic rings. The first-order valence-corrected chi connectivity index (χ1v) is 11.0. The predicted octanol–water partition coefficient (Wildman–Crippen LogP) is 4.14. The number of halogens is 3. The molecule has 2 rings (SSSR count). The number of carbonyl (C=O) groups excluding carboxylic acids is 3. The van der Waals surface area contributed by atoms with E-state index in [2.05, 4.69) is 37.1 Å². The SMILES string of the molecule is CC[C@@H](C)NC(=O)C(=O)N/N=C\c1cc(Br)ccc1OCC(=O)Nc1cc(Cl)cc(Cl)c1. The van der Waals surface area contributed by atoms with E-state index in [1.807, 2.05) is 6.92 Å². The summed E-state index contributed by atoms with van der Waals surface area (Å²) in [5.74, 6) is -1.75. The predicted molar refractivity (Wildman–Crippen MR) is 128 cm³/mol. The molecule has 3 N–H and O–H groups in total. The summed E-state index contributed by atoms with van der Waals surface area (Å²) >= 11 is 15.2. The van der Waals surface area contributed by atoms with Gasteiger partial charge in [0, 0.05) is 31.8 Å². The van der Waals surface area contributed by atoms with E-state index in [1.165, 1.54) is 6.21 Å². The average molecular weight is 544 g/mol. The number of hydrogen-bond acceptors (Lipinski definition) is 5. The standard InChI is InChI=1S/C21H21BrCl2N4O4/c1-3-12(2)26-20(30)21(31)28-25-10-13-6-14(22)4-5-18(13)32-11-19(29)27-17-8-15(23)7-16(24)9-17/h4-10,12H,3,11H2,1-2H3,(H,26,30)(H,27,29)(H,28,31)/b25-10-/t12-/m1/s1. The minimum atomic E-state index is -0.890. The number of carbonyl (C=O) groups is 3. The van der Waals surface area contributed by atoms with Gasteiger partial charge in [0.1, 0.15) is 5.75 Å². The lowest BCUT2D eigenvalue weighted by Crippen LogP contribution is -2.41. The van der Waals surface area contributed by atoms with Crippen LogP contribution in [0.1, 0.15) is 25.8 Å². The van der Waals surface area contributed by atoms with Gasteiger partial charge in [-0.25, -0.2) is 5.43 Å². The average Bonchev–Trinajstić information content (AvgIpc) is 2.72.